The number of aromatic nitrogens is 2. The van der Waals surface area contributed by atoms with E-state index in [1.54, 1.807) is 0 Å². The second-order valence-corrected chi connectivity index (χ2v) is 4.82. The molecule has 1 aliphatic carbocycles. The predicted molar refractivity (Wildman–Crippen MR) is 95.0 cm³/mol. The molecule has 0 amide bonds. The van der Waals surface area contributed by atoms with Gasteiger partial charge in [0.1, 0.15) is 17.1 Å². The summed E-state index contributed by atoms with van der Waals surface area (Å²) in [6.07, 6.45) is 0. The first-order valence-electron chi connectivity index (χ1n) is 6.29. The molecule has 2 aromatic heterocycles. The van der Waals surface area contributed by atoms with Crippen LogP contribution in [0, 0.1) is 0 Å². The number of ketones is 2. The summed E-state index contributed by atoms with van der Waals surface area (Å²) in [7, 11) is 0. The maximum atomic E-state index is 12.1. The molecule has 2 heterocycles. The minimum atomic E-state index is -1.58. The van der Waals surface area contributed by atoms with E-state index in [2.05, 4.69) is 9.97 Å². The van der Waals surface area contributed by atoms with Gasteiger partial charge in [0.05, 0.1) is 16.8 Å². The topological polar surface area (TPSA) is 175 Å². The third kappa shape index (κ3) is 4.44. The molecule has 0 fully saturated rings. The van der Waals surface area contributed by atoms with Gasteiger partial charge < -0.3 is 20.3 Å². The van der Waals surface area contributed by atoms with E-state index in [4.69, 9.17) is 10.2 Å². The van der Waals surface area contributed by atoms with E-state index in [1.165, 1.54) is 0 Å². The number of nitrogens with zero attached hydrogens (tertiary/aromatic N) is 1. The fraction of sp³-hybridized carbons (Fsp3) is 0. The Morgan fingerprint density at radius 1 is 0.852 bits per heavy atom. The van der Waals surface area contributed by atoms with Crippen molar-refractivity contribution in [2.45, 2.75) is 0 Å². The number of carbonyl (C=O) groups is 5. The van der Waals surface area contributed by atoms with Gasteiger partial charge >= 0.3 is 107 Å². The molecular weight excluding hydrogens is 393 g/mol. The van der Waals surface area contributed by atoms with Crippen LogP contribution < -0.4 is 0 Å². The molecule has 0 saturated carbocycles. The molecule has 13 heteroatoms. The van der Waals surface area contributed by atoms with Gasteiger partial charge in [0, 0.05) is 5.56 Å². The third-order valence-electron chi connectivity index (χ3n) is 3.43. The Labute approximate surface area is 216 Å². The quantitative estimate of drug-likeness (QED) is 0.356. The molecule has 1 aliphatic rings. The van der Waals surface area contributed by atoms with Crippen LogP contribution in [0.5, 0.6) is 0 Å². The summed E-state index contributed by atoms with van der Waals surface area (Å²) in [4.78, 5) is 63.7. The second kappa shape index (κ2) is 9.59. The van der Waals surface area contributed by atoms with Gasteiger partial charge in [0.25, 0.3) is 5.78 Å². The monoisotopic (exact) mass is 402 g/mol. The summed E-state index contributed by atoms with van der Waals surface area (Å²) in [6.45, 7) is 0. The van der Waals surface area contributed by atoms with E-state index in [0.717, 1.165) is 12.1 Å². The number of hydrogen-bond acceptors (Lipinski definition) is 6. The van der Waals surface area contributed by atoms with Crippen LogP contribution >= 0.6 is 0 Å². The predicted octanol–water partition coefficient (Wildman–Crippen LogP) is -1.40. The number of Topliss-reactive ketones (excluding diaryl/α,β-unsaturated/α-hetero) is 2. The van der Waals surface area contributed by atoms with Crippen molar-refractivity contribution in [2.24, 2.45) is 0 Å². The summed E-state index contributed by atoms with van der Waals surface area (Å²) in [5, 5.41) is 27.3. The van der Waals surface area contributed by atoms with Gasteiger partial charge in [0.2, 0.25) is 5.78 Å². The molecule has 0 aliphatic heterocycles. The summed E-state index contributed by atoms with van der Waals surface area (Å²) >= 11 is 0. The van der Waals surface area contributed by atoms with E-state index in [1.807, 2.05) is 0 Å². The molecule has 4 N–H and O–H groups in total. The van der Waals surface area contributed by atoms with E-state index in [9.17, 15) is 29.1 Å². The number of carboxylic acid groups (broad SMARTS) is 3. The molecule has 0 aromatic carbocycles. The summed E-state index contributed by atoms with van der Waals surface area (Å²) < 4.78 is 0. The molecule has 3 rings (SSSR count). The van der Waals surface area contributed by atoms with Gasteiger partial charge in [-0.1, -0.05) is 0 Å². The Morgan fingerprint density at radius 3 is 1.93 bits per heavy atom. The number of rotatable bonds is 3. The number of carboxylic acids is 3. The maximum absolute atomic E-state index is 12.1. The number of aromatic amines is 1. The average molecular weight is 402 g/mol. The van der Waals surface area contributed by atoms with Gasteiger partial charge in [-0.15, -0.1) is 0 Å². The van der Waals surface area contributed by atoms with Crippen LogP contribution in [0.1, 0.15) is 52.2 Å². The van der Waals surface area contributed by atoms with Crippen LogP contribution in [-0.2, 0) is 0 Å². The molecule has 0 spiro atoms. The van der Waals surface area contributed by atoms with E-state index in [-0.39, 0.29) is 105 Å². The van der Waals surface area contributed by atoms with Crippen molar-refractivity contribution in [1.82, 2.24) is 9.97 Å². The van der Waals surface area contributed by atoms with Crippen molar-refractivity contribution >= 4 is 118 Å². The SMILES string of the molecule is O=C(O)c1cc(C(=O)O)c2c(n1)C(=O)C(=O)c1cc(C(=O)O)[nH]c1-2.[NaH].[NaH].[NaH]. The van der Waals surface area contributed by atoms with Crippen LogP contribution in [0.4, 0.5) is 0 Å². The average Bonchev–Trinajstić information content (AvgIpc) is 2.96. The van der Waals surface area contributed by atoms with Crippen molar-refractivity contribution in [2.75, 3.05) is 0 Å². The molecule has 0 radical (unpaired) electrons. The summed E-state index contributed by atoms with van der Waals surface area (Å²) in [6, 6.07) is 1.65. The molecular formula is C14H9N2Na3O8. The van der Waals surface area contributed by atoms with E-state index in [0.29, 0.717) is 0 Å². The number of carbonyl (C=O) groups excluding carboxylic acids is 2. The Bertz CT molecular complexity index is 998. The summed E-state index contributed by atoms with van der Waals surface area (Å²) in [5.41, 5.74) is -3.21. The zero-order chi connectivity index (χ0) is 17.8. The number of hydrogen-bond donors (Lipinski definition) is 4. The first-order chi connectivity index (χ1) is 11.2. The van der Waals surface area contributed by atoms with Crippen LogP contribution in [0.25, 0.3) is 11.3 Å². The summed E-state index contributed by atoms with van der Waals surface area (Å²) in [5.74, 6) is -6.87. The van der Waals surface area contributed by atoms with Gasteiger partial charge in [-0.05, 0) is 12.1 Å². The molecule has 0 bridgehead atoms. The molecule has 0 saturated heterocycles. The molecule has 10 nitrogen and oxygen atoms in total. The Morgan fingerprint density at radius 2 is 1.44 bits per heavy atom. The third-order valence-corrected chi connectivity index (χ3v) is 3.43. The van der Waals surface area contributed by atoms with Gasteiger partial charge in [-0.25, -0.2) is 19.4 Å². The molecule has 0 unspecified atom stereocenters. The molecule has 126 valence electrons. The molecule has 2 aromatic rings. The van der Waals surface area contributed by atoms with Crippen LogP contribution in [0.3, 0.4) is 0 Å². The fourth-order valence-electron chi connectivity index (χ4n) is 2.42. The Kier molecular flexibility index (Phi) is 9.30. The number of pyridine rings is 1. The van der Waals surface area contributed by atoms with Crippen molar-refractivity contribution in [1.29, 1.82) is 0 Å². The van der Waals surface area contributed by atoms with Crippen LogP contribution in [0.15, 0.2) is 12.1 Å². The molecule has 0 atom stereocenters. The number of aromatic carboxylic acids is 3. The zero-order valence-corrected chi connectivity index (χ0v) is 11.5. The number of fused-ring (bicyclic) bond motifs is 3. The Hall–Kier alpha value is -0.820. The first kappa shape index (κ1) is 26.2. The van der Waals surface area contributed by atoms with Gasteiger partial charge in [0.15, 0.2) is 0 Å². The second-order valence-electron chi connectivity index (χ2n) is 4.82. The van der Waals surface area contributed by atoms with Crippen molar-refractivity contribution < 1.29 is 39.3 Å². The van der Waals surface area contributed by atoms with E-state index >= 15 is 0 Å². The standard InChI is InChI=1S/C14H6N2O8.3Na.3H/c17-10-4-2-6(14(23)24)15-8(4)7-3(12(19)20)1-5(13(21)22)16-9(7)11(10)18;;;;;;/h1-2,15H,(H,19,20)(H,21,22)(H,23,24);;;;;;. The van der Waals surface area contributed by atoms with E-state index < -0.39 is 52.1 Å². The van der Waals surface area contributed by atoms with Crippen molar-refractivity contribution in [3.05, 3.63) is 40.3 Å². The Balaban J connectivity index is 0.00000225. The minimum absolute atomic E-state index is 0. The van der Waals surface area contributed by atoms with Crippen LogP contribution in [0.2, 0.25) is 0 Å². The number of nitrogens with one attached hydrogen (secondary N) is 1. The van der Waals surface area contributed by atoms with Gasteiger partial charge in [-0.2, -0.15) is 0 Å². The zero-order valence-electron chi connectivity index (χ0n) is 11.5. The van der Waals surface area contributed by atoms with Crippen LogP contribution in [-0.4, -0.2) is 143 Å². The van der Waals surface area contributed by atoms with Crippen molar-refractivity contribution in [3.8, 4) is 11.3 Å². The number of H-pyrrole nitrogens is 1. The molecule has 27 heavy (non-hydrogen) atoms. The van der Waals surface area contributed by atoms with Crippen molar-refractivity contribution in [3.63, 3.8) is 0 Å². The normalized spacial score (nSPS) is 11.1. The first-order valence-corrected chi connectivity index (χ1v) is 6.29. The van der Waals surface area contributed by atoms with Gasteiger partial charge in [-0.3, -0.25) is 9.59 Å². The fourth-order valence-corrected chi connectivity index (χ4v) is 2.42.